The Bertz CT molecular complexity index is 925. The number of aryl methyl sites for hydroxylation is 1. The predicted molar refractivity (Wildman–Crippen MR) is 109 cm³/mol. The lowest BCUT2D eigenvalue weighted by molar-refractivity contribution is 0.194. The molecule has 148 valence electrons. The predicted octanol–water partition coefficient (Wildman–Crippen LogP) is 2.91. The van der Waals surface area contributed by atoms with E-state index in [2.05, 4.69) is 53.1 Å². The van der Waals surface area contributed by atoms with Gasteiger partial charge in [0.25, 0.3) is 0 Å². The standard InChI is InChI=1S/C22H29N5O/c1-16(2)12-17-4-6-18(7-5-17)14-26-10-11-27-19(15-26)13-20(24-27)21(28)22-23-8-9-25(22)3/h4-9,13,16,21,28H,10-12,14-15H2,1-3H3/t21-/m0/s1. The Kier molecular flexibility index (Phi) is 5.33. The molecule has 0 fully saturated rings. The number of nitrogens with zero attached hydrogens (tertiary/aromatic N) is 5. The van der Waals surface area contributed by atoms with Crippen LogP contribution in [0.2, 0.25) is 0 Å². The van der Waals surface area contributed by atoms with E-state index in [0.717, 1.165) is 38.3 Å². The maximum absolute atomic E-state index is 10.6. The minimum absolute atomic E-state index is 0.619. The summed E-state index contributed by atoms with van der Waals surface area (Å²) in [5.41, 5.74) is 4.56. The maximum atomic E-state index is 10.6. The van der Waals surface area contributed by atoms with E-state index in [1.54, 1.807) is 6.20 Å². The quantitative estimate of drug-likeness (QED) is 0.715. The van der Waals surface area contributed by atoms with Gasteiger partial charge in [-0.15, -0.1) is 0 Å². The Morgan fingerprint density at radius 2 is 1.86 bits per heavy atom. The SMILES string of the molecule is CC(C)Cc1ccc(CN2CCn3nc([C@H](O)c4nccn4C)cc3C2)cc1. The number of aliphatic hydroxyl groups excluding tert-OH is 1. The summed E-state index contributed by atoms with van der Waals surface area (Å²) >= 11 is 0. The van der Waals surface area contributed by atoms with Gasteiger partial charge in [0.15, 0.2) is 6.10 Å². The van der Waals surface area contributed by atoms with Crippen molar-refractivity contribution in [2.45, 2.75) is 46.0 Å². The molecule has 0 radical (unpaired) electrons. The molecule has 1 N–H and O–H groups in total. The highest BCUT2D eigenvalue weighted by Crippen LogP contribution is 2.23. The highest BCUT2D eigenvalue weighted by Gasteiger charge is 2.23. The molecule has 28 heavy (non-hydrogen) atoms. The highest BCUT2D eigenvalue weighted by atomic mass is 16.3. The molecule has 6 heteroatoms. The average Bonchev–Trinajstić information content (AvgIpc) is 3.28. The number of rotatable bonds is 6. The maximum Gasteiger partial charge on any atom is 0.155 e. The zero-order chi connectivity index (χ0) is 19.7. The Morgan fingerprint density at radius 1 is 1.11 bits per heavy atom. The molecule has 3 aromatic rings. The number of aliphatic hydroxyl groups is 1. The number of fused-ring (bicyclic) bond motifs is 1. The molecule has 3 heterocycles. The third kappa shape index (κ3) is 4.03. The van der Waals surface area contributed by atoms with E-state index in [1.807, 2.05) is 28.6 Å². The first-order chi connectivity index (χ1) is 13.5. The Labute approximate surface area is 166 Å². The van der Waals surface area contributed by atoms with Crippen LogP contribution in [0.25, 0.3) is 0 Å². The van der Waals surface area contributed by atoms with Gasteiger partial charge in [0.2, 0.25) is 0 Å². The fourth-order valence-corrected chi connectivity index (χ4v) is 3.89. The third-order valence-corrected chi connectivity index (χ3v) is 5.35. The van der Waals surface area contributed by atoms with Gasteiger partial charge in [-0.3, -0.25) is 9.58 Å². The number of aromatic nitrogens is 4. The van der Waals surface area contributed by atoms with Crippen LogP contribution in [-0.2, 0) is 33.1 Å². The second-order valence-electron chi connectivity index (χ2n) is 8.21. The van der Waals surface area contributed by atoms with Crippen molar-refractivity contribution >= 4 is 0 Å². The lowest BCUT2D eigenvalue weighted by Gasteiger charge is -2.27. The molecule has 0 spiro atoms. The summed E-state index contributed by atoms with van der Waals surface area (Å²) in [6.07, 6.45) is 3.87. The molecule has 1 aliphatic heterocycles. The summed E-state index contributed by atoms with van der Waals surface area (Å²) in [6, 6.07) is 11.0. The van der Waals surface area contributed by atoms with Crippen molar-refractivity contribution in [3.63, 3.8) is 0 Å². The molecule has 4 rings (SSSR count). The second-order valence-corrected chi connectivity index (χ2v) is 8.21. The third-order valence-electron chi connectivity index (χ3n) is 5.35. The molecular weight excluding hydrogens is 350 g/mol. The number of imidazole rings is 1. The normalized spacial score (nSPS) is 15.8. The van der Waals surface area contributed by atoms with Gasteiger partial charge in [-0.25, -0.2) is 4.98 Å². The van der Waals surface area contributed by atoms with Crippen LogP contribution in [0.4, 0.5) is 0 Å². The molecule has 0 aliphatic carbocycles. The van der Waals surface area contributed by atoms with Crippen LogP contribution in [0.1, 0.15) is 48.3 Å². The number of benzene rings is 1. The van der Waals surface area contributed by atoms with Crippen molar-refractivity contribution in [2.24, 2.45) is 13.0 Å². The van der Waals surface area contributed by atoms with Gasteiger partial charge in [0, 0.05) is 39.1 Å². The average molecular weight is 380 g/mol. The van der Waals surface area contributed by atoms with Crippen LogP contribution in [0.15, 0.2) is 42.7 Å². The van der Waals surface area contributed by atoms with Gasteiger partial charge in [-0.05, 0) is 29.5 Å². The van der Waals surface area contributed by atoms with Crippen molar-refractivity contribution in [2.75, 3.05) is 6.54 Å². The Hall–Kier alpha value is -2.44. The summed E-state index contributed by atoms with van der Waals surface area (Å²) < 4.78 is 3.85. The van der Waals surface area contributed by atoms with Gasteiger partial charge >= 0.3 is 0 Å². The lowest BCUT2D eigenvalue weighted by Crippen LogP contribution is -2.33. The molecular formula is C22H29N5O. The van der Waals surface area contributed by atoms with Crippen molar-refractivity contribution in [3.8, 4) is 0 Å². The van der Waals surface area contributed by atoms with E-state index < -0.39 is 6.10 Å². The molecule has 1 aliphatic rings. The molecule has 0 saturated carbocycles. The van der Waals surface area contributed by atoms with Crippen LogP contribution < -0.4 is 0 Å². The van der Waals surface area contributed by atoms with Crippen LogP contribution in [0.5, 0.6) is 0 Å². The van der Waals surface area contributed by atoms with Gasteiger partial charge < -0.3 is 9.67 Å². The molecule has 0 bridgehead atoms. The molecule has 0 amide bonds. The van der Waals surface area contributed by atoms with E-state index >= 15 is 0 Å². The zero-order valence-corrected chi connectivity index (χ0v) is 16.9. The fraction of sp³-hybridized carbons (Fsp3) is 0.455. The van der Waals surface area contributed by atoms with Gasteiger partial charge in [0.1, 0.15) is 5.82 Å². The highest BCUT2D eigenvalue weighted by molar-refractivity contribution is 5.24. The first-order valence-corrected chi connectivity index (χ1v) is 10.0. The molecule has 2 aromatic heterocycles. The van der Waals surface area contributed by atoms with Crippen LogP contribution in [0, 0.1) is 5.92 Å². The largest absolute Gasteiger partial charge is 0.379 e. The topological polar surface area (TPSA) is 59.1 Å². The van der Waals surface area contributed by atoms with Crippen LogP contribution >= 0.6 is 0 Å². The molecule has 1 aromatic carbocycles. The molecule has 0 unspecified atom stereocenters. The lowest BCUT2D eigenvalue weighted by atomic mass is 10.0. The zero-order valence-electron chi connectivity index (χ0n) is 16.9. The van der Waals surface area contributed by atoms with E-state index in [-0.39, 0.29) is 0 Å². The van der Waals surface area contributed by atoms with E-state index in [4.69, 9.17) is 0 Å². The first-order valence-electron chi connectivity index (χ1n) is 10.0. The smallest absolute Gasteiger partial charge is 0.155 e. The van der Waals surface area contributed by atoms with Crippen LogP contribution in [0.3, 0.4) is 0 Å². The number of hydrogen-bond donors (Lipinski definition) is 1. The van der Waals surface area contributed by atoms with E-state index in [1.165, 1.54) is 11.1 Å². The number of hydrogen-bond acceptors (Lipinski definition) is 4. The van der Waals surface area contributed by atoms with Crippen LogP contribution in [-0.4, -0.2) is 35.9 Å². The minimum Gasteiger partial charge on any atom is -0.379 e. The van der Waals surface area contributed by atoms with Crippen molar-refractivity contribution < 1.29 is 5.11 Å². The first kappa shape index (κ1) is 18.9. The monoisotopic (exact) mass is 379 g/mol. The second kappa shape index (κ2) is 7.89. The summed E-state index contributed by atoms with van der Waals surface area (Å²) in [4.78, 5) is 6.68. The Balaban J connectivity index is 1.42. The molecule has 6 nitrogen and oxygen atoms in total. The fourth-order valence-electron chi connectivity index (χ4n) is 3.89. The summed E-state index contributed by atoms with van der Waals surface area (Å²) in [6.45, 7) is 8.08. The van der Waals surface area contributed by atoms with Gasteiger partial charge in [-0.2, -0.15) is 5.10 Å². The Morgan fingerprint density at radius 3 is 2.54 bits per heavy atom. The van der Waals surface area contributed by atoms with E-state index in [9.17, 15) is 5.11 Å². The molecule has 1 atom stereocenters. The summed E-state index contributed by atoms with van der Waals surface area (Å²) in [5.74, 6) is 1.30. The van der Waals surface area contributed by atoms with E-state index in [0.29, 0.717) is 17.4 Å². The summed E-state index contributed by atoms with van der Waals surface area (Å²) in [5, 5.41) is 15.2. The molecule has 0 saturated heterocycles. The van der Waals surface area contributed by atoms with Crippen molar-refractivity contribution in [1.82, 2.24) is 24.2 Å². The van der Waals surface area contributed by atoms with Crippen molar-refractivity contribution in [3.05, 3.63) is 71.1 Å². The minimum atomic E-state index is -0.792. The van der Waals surface area contributed by atoms with Gasteiger partial charge in [0.05, 0.1) is 17.9 Å². The summed E-state index contributed by atoms with van der Waals surface area (Å²) in [7, 11) is 1.88. The van der Waals surface area contributed by atoms with Gasteiger partial charge in [-0.1, -0.05) is 38.1 Å². The van der Waals surface area contributed by atoms with Crippen molar-refractivity contribution in [1.29, 1.82) is 0 Å².